The molecule has 69 heavy (non-hydrogen) atoms. The lowest BCUT2D eigenvalue weighted by Crippen LogP contribution is -2.69. The summed E-state index contributed by atoms with van der Waals surface area (Å²) in [7, 11) is 0. The number of carbonyl (C=O) groups is 2. The summed E-state index contributed by atoms with van der Waals surface area (Å²) in [4.78, 5) is 24.9. The van der Waals surface area contributed by atoms with Gasteiger partial charge in [-0.1, -0.05) is 39.3 Å². The Bertz CT molecular complexity index is 1960. The molecule has 0 amide bonds. The average Bonchev–Trinajstić information content (AvgIpc) is 3.78. The first-order valence-electron chi connectivity index (χ1n) is 25.5. The Hall–Kier alpha value is -1.88. The summed E-state index contributed by atoms with van der Waals surface area (Å²) in [6.07, 6.45) is -9.40. The Morgan fingerprint density at radius 2 is 1.33 bits per heavy atom. The van der Waals surface area contributed by atoms with Gasteiger partial charge in [-0.25, -0.2) is 0 Å². The Balaban J connectivity index is 0.945. The maximum atomic E-state index is 12.6. The van der Waals surface area contributed by atoms with Crippen molar-refractivity contribution in [2.24, 2.45) is 45.3 Å². The Morgan fingerprint density at radius 3 is 2.01 bits per heavy atom. The number of fused-ring (bicyclic) bond motifs is 4. The summed E-state index contributed by atoms with van der Waals surface area (Å²) in [6.45, 7) is 21.8. The standard InChI is InChI=1S/C51H80O18/c1-23(2)18-28-19-49(11,69-45-41(65-27(6)53)40(64-26(5)52)35(55)25(4)63-45)42-29-12-13-32-47(9)16-15-33(46(7,8)31(47)14-17-48(32,10)50(29)21-51(42,68-28)61-22-50)67-43-38(58)36(56)30(20-60-43)66-44-39(59)37(57)34(54)24(3)62-44/h18,24-25,28-45,54-59H,12-17,19-22H2,1-11H3/t24-,25-,28-,29+,30-,31-,32+,33-,34-,35-,36-,37+,38+,39+,40+,41+,42-,43-,44-,45-,47-,48+,49-,50-,51-/m0/s1. The van der Waals surface area contributed by atoms with Gasteiger partial charge in [0.25, 0.3) is 0 Å². The van der Waals surface area contributed by atoms with Gasteiger partial charge in [-0.05, 0) is 107 Å². The van der Waals surface area contributed by atoms with E-state index >= 15 is 0 Å². The molecule has 18 nitrogen and oxygen atoms in total. The molecule has 2 spiro atoms. The van der Waals surface area contributed by atoms with E-state index in [1.807, 2.05) is 13.8 Å². The van der Waals surface area contributed by atoms with Crippen LogP contribution in [0.3, 0.4) is 0 Å². The number of aliphatic hydroxyl groups excluding tert-OH is 6. The smallest absolute Gasteiger partial charge is 0.303 e. The quantitative estimate of drug-likeness (QED) is 0.110. The van der Waals surface area contributed by atoms with E-state index < -0.39 is 109 Å². The molecule has 4 aliphatic carbocycles. The number of hydrogen-bond acceptors (Lipinski definition) is 18. The lowest BCUT2D eigenvalue weighted by Gasteiger charge is -2.70. The molecular weight excluding hydrogens is 901 g/mol. The van der Waals surface area contributed by atoms with Crippen LogP contribution in [-0.2, 0) is 57.0 Å². The van der Waals surface area contributed by atoms with Gasteiger partial charge < -0.3 is 78.0 Å². The third-order valence-electron chi connectivity index (χ3n) is 19.3. The van der Waals surface area contributed by atoms with Crippen molar-refractivity contribution in [3.05, 3.63) is 11.6 Å². The van der Waals surface area contributed by atoms with Crippen LogP contribution in [0.2, 0.25) is 0 Å². The predicted octanol–water partition coefficient (Wildman–Crippen LogP) is 3.16. The summed E-state index contributed by atoms with van der Waals surface area (Å²) >= 11 is 0. The monoisotopic (exact) mass is 981 g/mol. The Morgan fingerprint density at radius 1 is 0.681 bits per heavy atom. The molecule has 0 aromatic carbocycles. The molecule has 9 fully saturated rings. The number of ether oxygens (including phenoxy) is 10. The van der Waals surface area contributed by atoms with Gasteiger partial charge in [0, 0.05) is 38.0 Å². The van der Waals surface area contributed by atoms with E-state index in [1.165, 1.54) is 20.8 Å². The molecule has 25 atom stereocenters. The minimum Gasteiger partial charge on any atom is -0.455 e. The lowest BCUT2D eigenvalue weighted by molar-refractivity contribution is -0.384. The second-order valence-corrected chi connectivity index (χ2v) is 24.1. The van der Waals surface area contributed by atoms with Crippen LogP contribution in [0.4, 0.5) is 0 Å². The first-order chi connectivity index (χ1) is 32.2. The fourth-order valence-corrected chi connectivity index (χ4v) is 16.4. The molecule has 0 radical (unpaired) electrons. The molecule has 6 N–H and O–H groups in total. The minimum absolute atomic E-state index is 0.0820. The SMILES string of the molecule is CC(=O)O[C@@H]1[C@@H](O)[C@H](C)O[C@@H](O[C@@]2(C)C[C@H](C=C(C)C)O[C@]34C[C@]5(CO3)[C@H](CC[C@@H]3[C@@]6(C)CC[C@H](O[C@@H]7OC[C@H](O[C@@H]8O[C@@H](C)[C@H](O)[C@@H](O)[C@H]8O)[C@H](O)[C@H]7O)C(C)(C)[C@@H]6CC[C@]35C)[C@H]42)[C@@H]1OC(C)=O. The molecule has 5 heterocycles. The van der Waals surface area contributed by atoms with Gasteiger partial charge in [0.05, 0.1) is 43.2 Å². The number of carbonyl (C=O) groups excluding carboxylic acids is 2. The zero-order valence-electron chi connectivity index (χ0n) is 42.3. The van der Waals surface area contributed by atoms with Crippen LogP contribution in [0.5, 0.6) is 0 Å². The van der Waals surface area contributed by atoms with Gasteiger partial charge in [0.2, 0.25) is 0 Å². The maximum absolute atomic E-state index is 12.6. The summed E-state index contributed by atoms with van der Waals surface area (Å²) in [5.74, 6) is -1.72. The highest BCUT2D eigenvalue weighted by Crippen LogP contribution is 2.80. The van der Waals surface area contributed by atoms with Gasteiger partial charge in [-0.15, -0.1) is 0 Å². The highest BCUT2D eigenvalue weighted by Gasteiger charge is 2.81. The first-order valence-corrected chi connectivity index (χ1v) is 25.5. The summed E-state index contributed by atoms with van der Waals surface area (Å²) in [6, 6.07) is 0. The summed E-state index contributed by atoms with van der Waals surface area (Å²) in [5, 5.41) is 64.8. The van der Waals surface area contributed by atoms with Crippen molar-refractivity contribution >= 4 is 11.9 Å². The van der Waals surface area contributed by atoms with E-state index in [2.05, 4.69) is 40.7 Å². The molecule has 2 bridgehead atoms. The zero-order chi connectivity index (χ0) is 50.1. The molecule has 0 aromatic heterocycles. The fraction of sp³-hybridized carbons (Fsp3) is 0.922. The molecule has 9 aliphatic rings. The molecule has 0 unspecified atom stereocenters. The van der Waals surface area contributed by atoms with Crippen LogP contribution in [0.15, 0.2) is 11.6 Å². The van der Waals surface area contributed by atoms with Crippen LogP contribution < -0.4 is 0 Å². The van der Waals surface area contributed by atoms with Crippen molar-refractivity contribution in [2.45, 2.75) is 237 Å². The van der Waals surface area contributed by atoms with Crippen LogP contribution in [0.25, 0.3) is 0 Å². The minimum atomic E-state index is -1.57. The molecule has 4 saturated carbocycles. The van der Waals surface area contributed by atoms with Crippen LogP contribution >= 0.6 is 0 Å². The van der Waals surface area contributed by atoms with Crippen LogP contribution in [0.1, 0.15) is 128 Å². The van der Waals surface area contributed by atoms with Crippen molar-refractivity contribution in [3.63, 3.8) is 0 Å². The van der Waals surface area contributed by atoms with E-state index in [0.29, 0.717) is 31.8 Å². The fourth-order valence-electron chi connectivity index (χ4n) is 16.4. The van der Waals surface area contributed by atoms with Gasteiger partial charge in [0.15, 0.2) is 36.9 Å². The number of allylic oxidation sites excluding steroid dienone is 1. The first kappa shape index (κ1) is 52.0. The molecular formula is C51H80O18. The molecule has 0 aromatic rings. The number of aliphatic hydroxyl groups is 6. The lowest BCUT2D eigenvalue weighted by atomic mass is 9.35. The highest BCUT2D eigenvalue weighted by molar-refractivity contribution is 5.67. The Kier molecular flexibility index (Phi) is 13.7. The molecule has 18 heteroatoms. The third kappa shape index (κ3) is 8.29. The summed E-state index contributed by atoms with van der Waals surface area (Å²) in [5.41, 5.74) is -0.688. The van der Waals surface area contributed by atoms with Gasteiger partial charge in [0.1, 0.15) is 42.7 Å². The molecule has 9 rings (SSSR count). The molecule has 392 valence electrons. The largest absolute Gasteiger partial charge is 0.455 e. The van der Waals surface area contributed by atoms with Gasteiger partial charge in [-0.2, -0.15) is 0 Å². The van der Waals surface area contributed by atoms with E-state index in [-0.39, 0.29) is 58.2 Å². The van der Waals surface area contributed by atoms with Crippen molar-refractivity contribution < 1.29 is 87.6 Å². The molecule has 5 saturated heterocycles. The number of rotatable bonds is 9. The van der Waals surface area contributed by atoms with Crippen molar-refractivity contribution in [1.82, 2.24) is 0 Å². The zero-order valence-corrected chi connectivity index (χ0v) is 42.3. The van der Waals surface area contributed by atoms with Crippen molar-refractivity contribution in [2.75, 3.05) is 13.2 Å². The van der Waals surface area contributed by atoms with E-state index in [9.17, 15) is 40.2 Å². The van der Waals surface area contributed by atoms with Crippen LogP contribution in [0, 0.1) is 45.3 Å². The van der Waals surface area contributed by atoms with E-state index in [0.717, 1.165) is 37.7 Å². The summed E-state index contributed by atoms with van der Waals surface area (Å²) < 4.78 is 63.5. The number of esters is 2. The van der Waals surface area contributed by atoms with Crippen molar-refractivity contribution in [3.8, 4) is 0 Å². The predicted molar refractivity (Wildman–Crippen MR) is 241 cm³/mol. The Labute approximate surface area is 405 Å². The second-order valence-electron chi connectivity index (χ2n) is 24.1. The van der Waals surface area contributed by atoms with Gasteiger partial charge in [-0.3, -0.25) is 9.59 Å². The maximum Gasteiger partial charge on any atom is 0.303 e. The highest BCUT2D eigenvalue weighted by atomic mass is 16.8. The normalized spacial score (nSPS) is 54.3. The second kappa shape index (κ2) is 18.2. The number of hydrogen-bond donors (Lipinski definition) is 6. The van der Waals surface area contributed by atoms with Crippen molar-refractivity contribution in [1.29, 1.82) is 0 Å². The third-order valence-corrected chi connectivity index (χ3v) is 19.3. The van der Waals surface area contributed by atoms with Gasteiger partial charge >= 0.3 is 11.9 Å². The van der Waals surface area contributed by atoms with E-state index in [4.69, 9.17) is 47.4 Å². The topological polar surface area (TPSA) is 248 Å². The van der Waals surface area contributed by atoms with E-state index in [1.54, 1.807) is 6.92 Å². The molecule has 5 aliphatic heterocycles. The van der Waals surface area contributed by atoms with Crippen LogP contribution in [-0.4, -0.2) is 165 Å². The average molecular weight is 981 g/mol.